The number of fused-ring (bicyclic) bond motifs is 2. The Balaban J connectivity index is 1.34. The summed E-state index contributed by atoms with van der Waals surface area (Å²) in [5.41, 5.74) is 0. The Morgan fingerprint density at radius 3 is 0.686 bits per heavy atom. The second-order valence-electron chi connectivity index (χ2n) is 9.27. The molecular formula is C26H48O9. The topological polar surface area (TPSA) is 83.1 Å². The normalized spacial score (nSPS) is 33.6. The first-order valence-electron chi connectivity index (χ1n) is 13.8. The van der Waals surface area contributed by atoms with Gasteiger partial charge in [0.2, 0.25) is 0 Å². The zero-order chi connectivity index (χ0) is 24.2. The highest BCUT2D eigenvalue weighted by Gasteiger charge is 2.27. The molecule has 0 aromatic carbocycles. The molecule has 2 aliphatic carbocycles. The van der Waals surface area contributed by atoms with Crippen molar-refractivity contribution in [3.05, 3.63) is 0 Å². The van der Waals surface area contributed by atoms with E-state index in [4.69, 9.17) is 42.6 Å². The third kappa shape index (κ3) is 13.1. The Labute approximate surface area is 211 Å². The Morgan fingerprint density at radius 2 is 0.457 bits per heavy atom. The summed E-state index contributed by atoms with van der Waals surface area (Å²) in [5, 5.41) is 0. The van der Waals surface area contributed by atoms with E-state index in [-0.39, 0.29) is 24.4 Å². The minimum atomic E-state index is 0.138. The molecule has 4 atom stereocenters. The minimum Gasteiger partial charge on any atom is -0.377 e. The maximum absolute atomic E-state index is 6.07. The molecule has 9 heteroatoms. The third-order valence-corrected chi connectivity index (χ3v) is 6.64. The first-order chi connectivity index (χ1) is 17.4. The molecule has 1 heterocycles. The standard InChI is InChI=1S/C26H48O9/c1-3-7-25-23(5-1)32-19-15-28-11-9-27-10-12-29-16-20-33-24-6-2-4-8-26(24)35-22-18-31-14-13-30-17-21-34-25/h23-26H,1-22H2. The fourth-order valence-corrected chi connectivity index (χ4v) is 4.79. The highest BCUT2D eigenvalue weighted by molar-refractivity contribution is 4.77. The first kappa shape index (κ1) is 29.2. The quantitative estimate of drug-likeness (QED) is 0.494. The van der Waals surface area contributed by atoms with Crippen molar-refractivity contribution < 1.29 is 42.6 Å². The van der Waals surface area contributed by atoms with E-state index in [9.17, 15) is 0 Å². The largest absolute Gasteiger partial charge is 0.377 e. The van der Waals surface area contributed by atoms with Gasteiger partial charge in [0.15, 0.2) is 0 Å². The van der Waals surface area contributed by atoms with Crippen LogP contribution in [-0.2, 0) is 42.6 Å². The van der Waals surface area contributed by atoms with E-state index in [1.807, 2.05) is 0 Å². The molecule has 0 aromatic rings. The Morgan fingerprint density at radius 1 is 0.257 bits per heavy atom. The van der Waals surface area contributed by atoms with Crippen LogP contribution in [0.15, 0.2) is 0 Å². The number of rotatable bonds is 0. The van der Waals surface area contributed by atoms with Gasteiger partial charge in [0.25, 0.3) is 0 Å². The predicted molar refractivity (Wildman–Crippen MR) is 130 cm³/mol. The number of hydrogen-bond acceptors (Lipinski definition) is 9. The summed E-state index contributed by atoms with van der Waals surface area (Å²) < 4.78 is 52.5. The van der Waals surface area contributed by atoms with Crippen molar-refractivity contribution in [2.75, 3.05) is 92.5 Å². The van der Waals surface area contributed by atoms with E-state index in [1.165, 1.54) is 25.7 Å². The summed E-state index contributed by atoms with van der Waals surface area (Å²) in [7, 11) is 0. The van der Waals surface area contributed by atoms with Gasteiger partial charge in [-0.05, 0) is 25.7 Å². The van der Waals surface area contributed by atoms with Crippen LogP contribution in [0.4, 0.5) is 0 Å². The molecule has 0 N–H and O–H groups in total. The van der Waals surface area contributed by atoms with Crippen molar-refractivity contribution in [1.29, 1.82) is 0 Å². The molecule has 1 saturated heterocycles. The van der Waals surface area contributed by atoms with Gasteiger partial charge in [-0.15, -0.1) is 0 Å². The lowest BCUT2D eigenvalue weighted by atomic mass is 9.94. The SMILES string of the molecule is C1CCC2OCCOCCOCCOC3CCCCC3OCCOCCOCCOCCOC2C1. The van der Waals surface area contributed by atoms with Gasteiger partial charge >= 0.3 is 0 Å². The summed E-state index contributed by atoms with van der Waals surface area (Å²) in [6, 6.07) is 0. The molecule has 1 aliphatic heterocycles. The maximum Gasteiger partial charge on any atom is 0.0837 e. The summed E-state index contributed by atoms with van der Waals surface area (Å²) in [5.74, 6) is 0. The van der Waals surface area contributed by atoms with E-state index in [0.717, 1.165) is 25.7 Å². The Bertz CT molecular complexity index is 453. The molecule has 4 unspecified atom stereocenters. The lowest BCUT2D eigenvalue weighted by Gasteiger charge is -2.31. The van der Waals surface area contributed by atoms with Crippen LogP contribution in [0, 0.1) is 0 Å². The van der Waals surface area contributed by atoms with Gasteiger partial charge in [0, 0.05) is 0 Å². The van der Waals surface area contributed by atoms with Crippen LogP contribution < -0.4 is 0 Å². The van der Waals surface area contributed by atoms with Gasteiger partial charge in [0.05, 0.1) is 117 Å². The summed E-state index contributed by atoms with van der Waals surface area (Å²) in [6.07, 6.45) is 9.46. The van der Waals surface area contributed by atoms with Crippen LogP contribution in [0.3, 0.4) is 0 Å². The van der Waals surface area contributed by atoms with Crippen molar-refractivity contribution in [2.24, 2.45) is 0 Å². The van der Waals surface area contributed by atoms with Crippen LogP contribution >= 0.6 is 0 Å². The molecular weight excluding hydrogens is 456 g/mol. The van der Waals surface area contributed by atoms with Crippen molar-refractivity contribution in [3.8, 4) is 0 Å². The van der Waals surface area contributed by atoms with Crippen LogP contribution in [0.2, 0.25) is 0 Å². The molecule has 35 heavy (non-hydrogen) atoms. The van der Waals surface area contributed by atoms with Crippen molar-refractivity contribution in [3.63, 3.8) is 0 Å². The predicted octanol–water partition coefficient (Wildman–Crippen LogP) is 2.77. The molecule has 3 aliphatic rings. The second kappa shape index (κ2) is 19.7. The van der Waals surface area contributed by atoms with Gasteiger partial charge in [-0.3, -0.25) is 0 Å². The van der Waals surface area contributed by atoms with Crippen LogP contribution in [0.1, 0.15) is 51.4 Å². The summed E-state index contributed by atoms with van der Waals surface area (Å²) >= 11 is 0. The van der Waals surface area contributed by atoms with E-state index >= 15 is 0 Å². The molecule has 3 rings (SSSR count). The number of ether oxygens (including phenoxy) is 9. The lowest BCUT2D eigenvalue weighted by Crippen LogP contribution is -2.36. The maximum atomic E-state index is 6.07. The summed E-state index contributed by atoms with van der Waals surface area (Å²) in [6.45, 7) is 7.91. The van der Waals surface area contributed by atoms with Crippen LogP contribution in [-0.4, -0.2) is 117 Å². The molecule has 2 saturated carbocycles. The minimum absolute atomic E-state index is 0.138. The van der Waals surface area contributed by atoms with Crippen LogP contribution in [0.25, 0.3) is 0 Å². The molecule has 0 radical (unpaired) electrons. The average Bonchev–Trinajstić information content (AvgIpc) is 2.88. The van der Waals surface area contributed by atoms with Gasteiger partial charge in [0.1, 0.15) is 0 Å². The number of hydrogen-bond donors (Lipinski definition) is 0. The zero-order valence-electron chi connectivity index (χ0n) is 21.5. The highest BCUT2D eigenvalue weighted by atomic mass is 16.6. The molecule has 0 amide bonds. The van der Waals surface area contributed by atoms with Gasteiger partial charge in [-0.2, -0.15) is 0 Å². The molecule has 9 nitrogen and oxygen atoms in total. The Kier molecular flexibility index (Phi) is 16.4. The van der Waals surface area contributed by atoms with Crippen molar-refractivity contribution >= 4 is 0 Å². The van der Waals surface area contributed by atoms with E-state index in [0.29, 0.717) is 92.5 Å². The average molecular weight is 505 g/mol. The van der Waals surface area contributed by atoms with Crippen molar-refractivity contribution in [2.45, 2.75) is 75.8 Å². The molecule has 0 aromatic heterocycles. The molecule has 206 valence electrons. The molecule has 0 spiro atoms. The lowest BCUT2D eigenvalue weighted by molar-refractivity contribution is -0.114. The fraction of sp³-hybridized carbons (Fsp3) is 1.00. The Hall–Kier alpha value is -0.360. The second-order valence-corrected chi connectivity index (χ2v) is 9.27. The van der Waals surface area contributed by atoms with E-state index < -0.39 is 0 Å². The van der Waals surface area contributed by atoms with E-state index in [2.05, 4.69) is 0 Å². The fourth-order valence-electron chi connectivity index (χ4n) is 4.79. The van der Waals surface area contributed by atoms with E-state index in [1.54, 1.807) is 0 Å². The van der Waals surface area contributed by atoms with Gasteiger partial charge in [-0.25, -0.2) is 0 Å². The molecule has 3 fully saturated rings. The molecule has 0 bridgehead atoms. The monoisotopic (exact) mass is 504 g/mol. The third-order valence-electron chi connectivity index (χ3n) is 6.64. The highest BCUT2D eigenvalue weighted by Crippen LogP contribution is 2.24. The van der Waals surface area contributed by atoms with Crippen molar-refractivity contribution in [1.82, 2.24) is 0 Å². The smallest absolute Gasteiger partial charge is 0.0837 e. The van der Waals surface area contributed by atoms with Gasteiger partial charge in [-0.1, -0.05) is 25.7 Å². The zero-order valence-corrected chi connectivity index (χ0v) is 21.5. The first-order valence-corrected chi connectivity index (χ1v) is 13.8. The van der Waals surface area contributed by atoms with Gasteiger partial charge < -0.3 is 42.6 Å². The van der Waals surface area contributed by atoms with Crippen LogP contribution in [0.5, 0.6) is 0 Å². The summed E-state index contributed by atoms with van der Waals surface area (Å²) in [4.78, 5) is 0.